The molecule has 0 amide bonds. The summed E-state index contributed by atoms with van der Waals surface area (Å²) in [4.78, 5) is 0. The molecule has 0 bridgehead atoms. The first-order valence-electron chi connectivity index (χ1n) is 11.9. The van der Waals surface area contributed by atoms with Gasteiger partial charge in [0, 0.05) is 0 Å². The third kappa shape index (κ3) is 4.39. The van der Waals surface area contributed by atoms with Gasteiger partial charge in [-0.25, -0.2) is 0 Å². The third-order valence-electron chi connectivity index (χ3n) is 8.31. The molecule has 3 fully saturated rings. The van der Waals surface area contributed by atoms with E-state index >= 15 is 0 Å². The van der Waals surface area contributed by atoms with Crippen molar-refractivity contribution in [1.29, 1.82) is 0 Å². The summed E-state index contributed by atoms with van der Waals surface area (Å²) in [6.45, 7) is 2.41. The van der Waals surface area contributed by atoms with E-state index in [1.165, 1.54) is 29.8 Å². The first-order valence-corrected chi connectivity index (χ1v) is 14.3. The van der Waals surface area contributed by atoms with Crippen LogP contribution in [0.3, 0.4) is 0 Å². The molecule has 3 rings (SSSR count). The van der Waals surface area contributed by atoms with Gasteiger partial charge in [-0.2, -0.15) is 0 Å². The Morgan fingerprint density at radius 2 is 0.917 bits per heavy atom. The molecule has 142 valence electrons. The second-order valence-corrected chi connectivity index (χ2v) is 14.7. The van der Waals surface area contributed by atoms with Crippen molar-refractivity contribution < 1.29 is 0 Å². The van der Waals surface area contributed by atoms with E-state index in [9.17, 15) is 0 Å². The van der Waals surface area contributed by atoms with E-state index in [4.69, 9.17) is 0 Å². The first-order chi connectivity index (χ1) is 11.9. The molecule has 0 aliphatic heterocycles. The van der Waals surface area contributed by atoms with Crippen molar-refractivity contribution in [3.63, 3.8) is 0 Å². The molecule has 0 aromatic carbocycles. The van der Waals surface area contributed by atoms with Crippen molar-refractivity contribution in [3.05, 3.63) is 0 Å². The van der Waals surface area contributed by atoms with E-state index in [1.807, 2.05) is 0 Å². The Hall–Kier alpha value is 0.430. The minimum atomic E-state index is -1.13. The summed E-state index contributed by atoms with van der Waals surface area (Å²) in [5.74, 6) is 0. The third-order valence-corrected chi connectivity index (χ3v) is 15.8. The summed E-state index contributed by atoms with van der Waals surface area (Å²) in [7, 11) is -1.13. The fourth-order valence-electron chi connectivity index (χ4n) is 7.21. The molecule has 0 unspecified atom stereocenters. The van der Waals surface area contributed by atoms with Gasteiger partial charge in [-0.15, -0.1) is 0 Å². The Kier molecular flexibility index (Phi) is 7.95. The van der Waals surface area contributed by atoms with Gasteiger partial charge in [-0.3, -0.25) is 0 Å². The van der Waals surface area contributed by atoms with Crippen molar-refractivity contribution >= 4 is 7.26 Å². The number of unbranched alkanes of at least 4 members (excludes halogenated alkanes) is 2. The average Bonchev–Trinajstić information content (AvgIpc) is 2.68. The van der Waals surface area contributed by atoms with E-state index in [0.29, 0.717) is 0 Å². The zero-order valence-corrected chi connectivity index (χ0v) is 17.7. The van der Waals surface area contributed by atoms with Crippen LogP contribution >= 0.6 is 7.26 Å². The van der Waals surface area contributed by atoms with Crippen molar-refractivity contribution in [2.75, 3.05) is 6.16 Å². The van der Waals surface area contributed by atoms with E-state index in [0.717, 1.165) is 0 Å². The van der Waals surface area contributed by atoms with Gasteiger partial charge in [0.2, 0.25) is 0 Å². The van der Waals surface area contributed by atoms with Crippen LogP contribution in [0.15, 0.2) is 0 Å². The second kappa shape index (κ2) is 9.94. The van der Waals surface area contributed by atoms with Crippen LogP contribution in [0.5, 0.6) is 0 Å². The Balaban J connectivity index is 1.86. The molecule has 3 saturated carbocycles. The number of hydrogen-bond acceptors (Lipinski definition) is 0. The second-order valence-electron chi connectivity index (χ2n) is 9.57. The molecule has 24 heavy (non-hydrogen) atoms. The number of hydrogen-bond donors (Lipinski definition) is 0. The van der Waals surface area contributed by atoms with E-state index in [2.05, 4.69) is 6.92 Å². The maximum atomic E-state index is 2.41. The quantitative estimate of drug-likeness (QED) is 0.322. The molecule has 1 heteroatoms. The van der Waals surface area contributed by atoms with Gasteiger partial charge in [0.15, 0.2) is 0 Å². The molecule has 3 aliphatic carbocycles. The Bertz CT molecular complexity index is 286. The predicted molar refractivity (Wildman–Crippen MR) is 113 cm³/mol. The zero-order chi connectivity index (χ0) is 16.7. The number of rotatable bonds is 7. The fourth-order valence-corrected chi connectivity index (χ4v) is 15.8. The maximum absolute atomic E-state index is 2.41. The van der Waals surface area contributed by atoms with Crippen LogP contribution in [0.1, 0.15) is 122 Å². The molecule has 0 aromatic heterocycles. The van der Waals surface area contributed by atoms with Gasteiger partial charge in [0.1, 0.15) is 0 Å². The van der Waals surface area contributed by atoms with Gasteiger partial charge in [-0.05, 0) is 0 Å². The summed E-state index contributed by atoms with van der Waals surface area (Å²) >= 11 is 0. The van der Waals surface area contributed by atoms with Gasteiger partial charge in [-0.1, -0.05) is 0 Å². The van der Waals surface area contributed by atoms with E-state index < -0.39 is 7.26 Å². The fraction of sp³-hybridized carbons (Fsp3) is 1.00. The molecule has 0 atom stereocenters. The van der Waals surface area contributed by atoms with Gasteiger partial charge in [0.25, 0.3) is 0 Å². The molecule has 0 N–H and O–H groups in total. The molecule has 0 radical (unpaired) electrons. The van der Waals surface area contributed by atoms with Crippen molar-refractivity contribution in [1.82, 2.24) is 0 Å². The van der Waals surface area contributed by atoms with Crippen molar-refractivity contribution in [2.24, 2.45) is 0 Å². The first kappa shape index (κ1) is 19.2. The average molecular weight is 353 g/mol. The van der Waals surface area contributed by atoms with Crippen LogP contribution in [0.2, 0.25) is 0 Å². The van der Waals surface area contributed by atoms with Crippen LogP contribution in [0, 0.1) is 0 Å². The summed E-state index contributed by atoms with van der Waals surface area (Å²) in [5, 5.41) is 0. The van der Waals surface area contributed by atoms with E-state index in [1.54, 1.807) is 109 Å². The van der Waals surface area contributed by atoms with Crippen molar-refractivity contribution in [2.45, 2.75) is 139 Å². The molecule has 0 heterocycles. The monoisotopic (exact) mass is 352 g/mol. The molecule has 0 saturated heterocycles. The molecular weight excluding hydrogens is 307 g/mol. The Labute approximate surface area is 153 Å². The topological polar surface area (TPSA) is 0 Å². The van der Waals surface area contributed by atoms with E-state index in [-0.39, 0.29) is 0 Å². The van der Waals surface area contributed by atoms with Crippen LogP contribution in [-0.4, -0.2) is 23.1 Å². The van der Waals surface area contributed by atoms with Crippen LogP contribution in [0.25, 0.3) is 0 Å². The van der Waals surface area contributed by atoms with Crippen LogP contribution in [0.4, 0.5) is 0 Å². The molecule has 0 spiro atoms. The summed E-state index contributed by atoms with van der Waals surface area (Å²) < 4.78 is 0. The van der Waals surface area contributed by atoms with Gasteiger partial charge in [0.05, 0.1) is 0 Å². The van der Waals surface area contributed by atoms with Gasteiger partial charge >= 0.3 is 153 Å². The zero-order valence-electron chi connectivity index (χ0n) is 16.7. The van der Waals surface area contributed by atoms with Crippen LogP contribution in [-0.2, 0) is 0 Å². The molecule has 3 aliphatic rings. The summed E-state index contributed by atoms with van der Waals surface area (Å²) in [6, 6.07) is 0. The Morgan fingerprint density at radius 3 is 1.25 bits per heavy atom. The van der Waals surface area contributed by atoms with Crippen molar-refractivity contribution in [3.8, 4) is 0 Å². The van der Waals surface area contributed by atoms with Crippen LogP contribution < -0.4 is 0 Å². The summed E-state index contributed by atoms with van der Waals surface area (Å²) in [5.41, 5.74) is 3.69. The minimum absolute atomic E-state index is 1.13. The van der Waals surface area contributed by atoms with Gasteiger partial charge < -0.3 is 0 Å². The predicted octanol–water partition coefficient (Wildman–Crippen LogP) is 7.92. The Morgan fingerprint density at radius 1 is 0.542 bits per heavy atom. The molecule has 0 aromatic rings. The standard InChI is InChI=1S/C23H45P/c1-2-3-13-20-24(21-14-7-4-8-15-21,22-16-9-5-10-17-22)23-18-11-6-12-19-23/h21-24H,2-20H2,1H3. The SMILES string of the molecule is CCCCC[PH](C1CCCCC1)(C1CCCCC1)C1CCCCC1. The molecular formula is C23H45P. The molecule has 0 nitrogen and oxygen atoms in total. The normalized spacial score (nSPS) is 26.5. The summed E-state index contributed by atoms with van der Waals surface area (Å²) in [6.07, 6.45) is 30.2.